The highest BCUT2D eigenvalue weighted by Gasteiger charge is 2.16. The minimum Gasteiger partial charge on any atom is -0.320 e. The fourth-order valence-electron chi connectivity index (χ4n) is 1.86. The molecule has 0 bridgehead atoms. The number of nitrogens with two attached hydrogens (primary N) is 1. The average molecular weight is 375 g/mol. The third-order valence-corrected chi connectivity index (χ3v) is 5.08. The number of aryl methyl sites for hydroxylation is 2. The van der Waals surface area contributed by atoms with Gasteiger partial charge in [-0.3, -0.25) is 0 Å². The van der Waals surface area contributed by atoms with Crippen molar-refractivity contribution < 1.29 is 0 Å². The summed E-state index contributed by atoms with van der Waals surface area (Å²) >= 11 is 8.80. The zero-order valence-electron chi connectivity index (χ0n) is 9.63. The SMILES string of the molecule is Cc1cc(C)c(C(N)c2ccc(Br)cc2Br)s1. The molecule has 1 atom stereocenters. The Kier molecular flexibility index (Phi) is 4.08. The van der Waals surface area contributed by atoms with Crippen LogP contribution in [0, 0.1) is 13.8 Å². The van der Waals surface area contributed by atoms with Gasteiger partial charge >= 0.3 is 0 Å². The molecule has 0 radical (unpaired) electrons. The standard InChI is InChI=1S/C13H13Br2NS/c1-7-5-8(2)17-13(7)12(16)10-4-3-9(14)6-11(10)15/h3-6,12H,16H2,1-2H3. The van der Waals surface area contributed by atoms with Gasteiger partial charge in [0.1, 0.15) is 0 Å². The summed E-state index contributed by atoms with van der Waals surface area (Å²) in [6.45, 7) is 4.23. The van der Waals surface area contributed by atoms with Crippen LogP contribution in [0.3, 0.4) is 0 Å². The Morgan fingerprint density at radius 2 is 1.88 bits per heavy atom. The van der Waals surface area contributed by atoms with Crippen molar-refractivity contribution in [3.8, 4) is 0 Å². The van der Waals surface area contributed by atoms with E-state index in [-0.39, 0.29) is 6.04 Å². The molecule has 0 saturated heterocycles. The van der Waals surface area contributed by atoms with Crippen molar-refractivity contribution in [1.29, 1.82) is 0 Å². The Hall–Kier alpha value is -0.160. The van der Waals surface area contributed by atoms with Crippen molar-refractivity contribution in [2.75, 3.05) is 0 Å². The lowest BCUT2D eigenvalue weighted by molar-refractivity contribution is 0.879. The maximum atomic E-state index is 6.35. The average Bonchev–Trinajstić information content (AvgIpc) is 2.57. The van der Waals surface area contributed by atoms with Crippen molar-refractivity contribution in [3.05, 3.63) is 54.1 Å². The van der Waals surface area contributed by atoms with Crippen LogP contribution in [0.25, 0.3) is 0 Å². The number of rotatable bonds is 2. The smallest absolute Gasteiger partial charge is 0.0659 e. The Balaban J connectivity index is 2.43. The molecule has 1 unspecified atom stereocenters. The van der Waals surface area contributed by atoms with Gasteiger partial charge in [-0.1, -0.05) is 37.9 Å². The first-order valence-electron chi connectivity index (χ1n) is 5.26. The van der Waals surface area contributed by atoms with Crippen LogP contribution in [0.1, 0.15) is 26.9 Å². The first kappa shape index (κ1) is 13.3. The van der Waals surface area contributed by atoms with E-state index >= 15 is 0 Å². The van der Waals surface area contributed by atoms with Gasteiger partial charge in [-0.05, 0) is 43.2 Å². The van der Waals surface area contributed by atoms with Crippen LogP contribution in [0.2, 0.25) is 0 Å². The lowest BCUT2D eigenvalue weighted by atomic mass is 10.0. The molecule has 0 aliphatic carbocycles. The maximum absolute atomic E-state index is 6.35. The minimum atomic E-state index is -0.0591. The molecule has 0 aliphatic heterocycles. The molecule has 17 heavy (non-hydrogen) atoms. The van der Waals surface area contributed by atoms with Gasteiger partial charge in [-0.15, -0.1) is 11.3 Å². The number of thiophene rings is 1. The third-order valence-electron chi connectivity index (χ3n) is 2.66. The fourth-order valence-corrected chi connectivity index (χ4v) is 4.21. The minimum absolute atomic E-state index is 0.0591. The van der Waals surface area contributed by atoms with Crippen molar-refractivity contribution in [3.63, 3.8) is 0 Å². The topological polar surface area (TPSA) is 26.0 Å². The summed E-state index contributed by atoms with van der Waals surface area (Å²) in [6, 6.07) is 8.25. The predicted octanol–water partition coefficient (Wildman–Crippen LogP) is 4.94. The molecule has 0 saturated carbocycles. The zero-order chi connectivity index (χ0) is 12.6. The molecule has 1 aromatic carbocycles. The number of benzene rings is 1. The summed E-state index contributed by atoms with van der Waals surface area (Å²) < 4.78 is 2.10. The quantitative estimate of drug-likeness (QED) is 0.791. The van der Waals surface area contributed by atoms with E-state index in [2.05, 4.69) is 57.8 Å². The molecule has 2 aromatic rings. The third kappa shape index (κ3) is 2.81. The Bertz CT molecular complexity index is 548. The highest BCUT2D eigenvalue weighted by molar-refractivity contribution is 9.11. The second-order valence-electron chi connectivity index (χ2n) is 4.05. The van der Waals surface area contributed by atoms with Crippen molar-refractivity contribution in [1.82, 2.24) is 0 Å². The number of hydrogen-bond acceptors (Lipinski definition) is 2. The van der Waals surface area contributed by atoms with Gasteiger partial charge < -0.3 is 5.73 Å². The summed E-state index contributed by atoms with van der Waals surface area (Å²) in [7, 11) is 0. The van der Waals surface area contributed by atoms with Gasteiger partial charge in [-0.2, -0.15) is 0 Å². The van der Waals surface area contributed by atoms with E-state index in [0.717, 1.165) is 14.5 Å². The monoisotopic (exact) mass is 373 g/mol. The molecule has 1 heterocycles. The van der Waals surface area contributed by atoms with Crippen LogP contribution >= 0.6 is 43.2 Å². The molecule has 1 nitrogen and oxygen atoms in total. The molecule has 1 aromatic heterocycles. The van der Waals surface area contributed by atoms with Gasteiger partial charge in [0.2, 0.25) is 0 Å². The summed E-state index contributed by atoms with van der Waals surface area (Å²) in [5.74, 6) is 0. The fraction of sp³-hybridized carbons (Fsp3) is 0.231. The second kappa shape index (κ2) is 5.22. The molecule has 2 rings (SSSR count). The Morgan fingerprint density at radius 1 is 1.18 bits per heavy atom. The maximum Gasteiger partial charge on any atom is 0.0659 e. The van der Waals surface area contributed by atoms with Crippen LogP contribution in [0.15, 0.2) is 33.2 Å². The highest BCUT2D eigenvalue weighted by Crippen LogP contribution is 2.34. The predicted molar refractivity (Wildman–Crippen MR) is 81.7 cm³/mol. The van der Waals surface area contributed by atoms with Crippen molar-refractivity contribution in [2.45, 2.75) is 19.9 Å². The van der Waals surface area contributed by atoms with Crippen LogP contribution in [0.4, 0.5) is 0 Å². The molecule has 4 heteroatoms. The van der Waals surface area contributed by atoms with E-state index in [1.165, 1.54) is 15.3 Å². The van der Waals surface area contributed by atoms with Gasteiger partial charge in [-0.25, -0.2) is 0 Å². The lowest BCUT2D eigenvalue weighted by Gasteiger charge is -2.14. The van der Waals surface area contributed by atoms with Gasteiger partial charge in [0.15, 0.2) is 0 Å². The molecule has 0 fully saturated rings. The summed E-state index contributed by atoms with van der Waals surface area (Å²) in [6.07, 6.45) is 0. The number of halogens is 2. The van der Waals surface area contributed by atoms with E-state index in [9.17, 15) is 0 Å². The van der Waals surface area contributed by atoms with Crippen LogP contribution in [0.5, 0.6) is 0 Å². The van der Waals surface area contributed by atoms with Crippen LogP contribution < -0.4 is 5.73 Å². The Morgan fingerprint density at radius 3 is 2.41 bits per heavy atom. The zero-order valence-corrected chi connectivity index (χ0v) is 13.6. The largest absolute Gasteiger partial charge is 0.320 e. The number of hydrogen-bond donors (Lipinski definition) is 1. The van der Waals surface area contributed by atoms with E-state index in [1.807, 2.05) is 12.1 Å². The Labute approximate surface area is 122 Å². The van der Waals surface area contributed by atoms with Crippen molar-refractivity contribution >= 4 is 43.2 Å². The van der Waals surface area contributed by atoms with Crippen molar-refractivity contribution in [2.24, 2.45) is 5.73 Å². The van der Waals surface area contributed by atoms with E-state index in [1.54, 1.807) is 11.3 Å². The van der Waals surface area contributed by atoms with Gasteiger partial charge in [0.05, 0.1) is 6.04 Å². The van der Waals surface area contributed by atoms with Crippen LogP contribution in [-0.4, -0.2) is 0 Å². The molecular formula is C13H13Br2NS. The molecular weight excluding hydrogens is 362 g/mol. The van der Waals surface area contributed by atoms with Crippen LogP contribution in [-0.2, 0) is 0 Å². The normalized spacial score (nSPS) is 12.8. The van der Waals surface area contributed by atoms with E-state index < -0.39 is 0 Å². The lowest BCUT2D eigenvalue weighted by Crippen LogP contribution is -2.11. The summed E-state index contributed by atoms with van der Waals surface area (Å²) in [4.78, 5) is 2.55. The summed E-state index contributed by atoms with van der Waals surface area (Å²) in [5, 5.41) is 0. The molecule has 90 valence electrons. The molecule has 0 aliphatic rings. The molecule has 0 spiro atoms. The first-order valence-corrected chi connectivity index (χ1v) is 7.66. The molecule has 2 N–H and O–H groups in total. The van der Waals surface area contributed by atoms with Gasteiger partial charge in [0, 0.05) is 18.7 Å². The molecule has 0 amide bonds. The summed E-state index contributed by atoms with van der Waals surface area (Å²) in [5.41, 5.74) is 8.74. The highest BCUT2D eigenvalue weighted by atomic mass is 79.9. The second-order valence-corrected chi connectivity index (χ2v) is 7.11. The van der Waals surface area contributed by atoms with E-state index in [4.69, 9.17) is 5.73 Å². The first-order chi connectivity index (χ1) is 7.99. The van der Waals surface area contributed by atoms with E-state index in [0.29, 0.717) is 0 Å². The van der Waals surface area contributed by atoms with Gasteiger partial charge in [0.25, 0.3) is 0 Å².